The van der Waals surface area contributed by atoms with Crippen molar-refractivity contribution in [3.05, 3.63) is 41.3 Å². The Balaban J connectivity index is 1.19. The van der Waals surface area contributed by atoms with E-state index in [4.69, 9.17) is 35.8 Å². The van der Waals surface area contributed by atoms with Gasteiger partial charge in [0.1, 0.15) is 34.4 Å². The van der Waals surface area contributed by atoms with Crippen molar-refractivity contribution in [2.24, 2.45) is 34.5 Å². The van der Waals surface area contributed by atoms with Crippen molar-refractivity contribution in [2.45, 2.75) is 103 Å². The zero-order valence-corrected chi connectivity index (χ0v) is 34.9. The van der Waals surface area contributed by atoms with Gasteiger partial charge in [0, 0.05) is 47.6 Å². The molecule has 4 aliphatic rings. The highest BCUT2D eigenvalue weighted by Gasteiger charge is 2.72. The second-order valence-electron chi connectivity index (χ2n) is 17.5. The van der Waals surface area contributed by atoms with Crippen LogP contribution in [0.4, 0.5) is 13.9 Å². The van der Waals surface area contributed by atoms with Crippen LogP contribution < -0.4 is 14.8 Å². The molecule has 1 aliphatic heterocycles. The number of carboxylic acid groups (broad SMARTS) is 1. The van der Waals surface area contributed by atoms with E-state index in [9.17, 15) is 33.1 Å². The molecule has 58 heavy (non-hydrogen) atoms. The minimum absolute atomic E-state index is 0.0432. The summed E-state index contributed by atoms with van der Waals surface area (Å²) in [5, 5.41) is 16.8. The maximum absolute atomic E-state index is 14.7. The SMILES string of the molecule is C=C[C@@H]1C[C@]1(CC(=O)[C@@H]1C[C@@H](Oc2cc(-c3csc(NC(C)C)n3)nc3c(Cl)c(OC)ccc23)CN1C(=O)[C@@H](CC(=O)OC1C[C@@H]2[C@H](C1)C2(F)F)C(C)(C)C)C(=O)O. The number of alkyl halides is 2. The van der Waals surface area contributed by atoms with Crippen molar-refractivity contribution in [2.75, 3.05) is 19.0 Å². The van der Waals surface area contributed by atoms with E-state index in [1.54, 1.807) is 39.0 Å². The van der Waals surface area contributed by atoms with Crippen molar-refractivity contribution in [1.82, 2.24) is 14.9 Å². The molecular formula is C42H49ClF2N4O8S. The first-order valence-electron chi connectivity index (χ1n) is 19.6. The molecule has 1 unspecified atom stereocenters. The van der Waals surface area contributed by atoms with E-state index < -0.39 is 82.3 Å². The number of rotatable bonds is 15. The summed E-state index contributed by atoms with van der Waals surface area (Å²) in [5.74, 6) is -7.58. The highest BCUT2D eigenvalue weighted by atomic mass is 35.5. The van der Waals surface area contributed by atoms with E-state index in [2.05, 4.69) is 11.9 Å². The van der Waals surface area contributed by atoms with Crippen LogP contribution in [0.15, 0.2) is 36.2 Å². The molecule has 2 aromatic heterocycles. The number of methoxy groups -OCH3 is 1. The number of halogens is 3. The van der Waals surface area contributed by atoms with Crippen LogP contribution in [0.5, 0.6) is 11.5 Å². The maximum Gasteiger partial charge on any atom is 0.310 e. The molecule has 1 aromatic carbocycles. The Kier molecular flexibility index (Phi) is 11.1. The van der Waals surface area contributed by atoms with Gasteiger partial charge in [-0.1, -0.05) is 38.4 Å². The molecule has 3 heterocycles. The number of carbonyl (C=O) groups is 4. The fraction of sp³-hybridized carbons (Fsp3) is 0.571. The normalized spacial score (nSPS) is 27.5. The number of hydrogen-bond donors (Lipinski definition) is 2. The minimum atomic E-state index is -2.72. The number of aliphatic carboxylic acids is 1. The van der Waals surface area contributed by atoms with Crippen LogP contribution in [0, 0.1) is 34.5 Å². The first-order valence-corrected chi connectivity index (χ1v) is 20.9. The number of allylic oxidation sites excluding steroid dienone is 1. The third-order valence-electron chi connectivity index (χ3n) is 12.2. The summed E-state index contributed by atoms with van der Waals surface area (Å²) in [5.41, 5.74) is -0.685. The Labute approximate surface area is 344 Å². The van der Waals surface area contributed by atoms with Crippen LogP contribution in [0.1, 0.15) is 73.1 Å². The molecule has 0 radical (unpaired) electrons. The van der Waals surface area contributed by atoms with Crippen LogP contribution in [0.2, 0.25) is 5.02 Å². The number of thiazole rings is 1. The third kappa shape index (κ3) is 7.88. The molecule has 3 saturated carbocycles. The Hall–Kier alpha value is -4.37. The lowest BCUT2D eigenvalue weighted by Crippen LogP contribution is -2.48. The second-order valence-corrected chi connectivity index (χ2v) is 18.8. The molecule has 7 rings (SSSR count). The lowest BCUT2D eigenvalue weighted by Gasteiger charge is -2.35. The summed E-state index contributed by atoms with van der Waals surface area (Å²) in [7, 11) is 1.50. The summed E-state index contributed by atoms with van der Waals surface area (Å²) < 4.78 is 45.5. The van der Waals surface area contributed by atoms with Crippen LogP contribution in [-0.2, 0) is 23.9 Å². The van der Waals surface area contributed by atoms with Gasteiger partial charge < -0.3 is 29.5 Å². The van der Waals surface area contributed by atoms with E-state index >= 15 is 0 Å². The number of carboxylic acids is 1. The minimum Gasteiger partial charge on any atom is -0.495 e. The molecule has 4 fully saturated rings. The van der Waals surface area contributed by atoms with Crippen molar-refractivity contribution in [3.63, 3.8) is 0 Å². The lowest BCUT2D eigenvalue weighted by atomic mass is 9.77. The van der Waals surface area contributed by atoms with E-state index in [-0.39, 0.29) is 56.1 Å². The molecule has 8 atom stereocenters. The molecule has 1 amide bonds. The first kappa shape index (κ1) is 41.8. The Morgan fingerprint density at radius 2 is 1.81 bits per heavy atom. The number of nitrogens with one attached hydrogen (secondary N) is 1. The number of fused-ring (bicyclic) bond motifs is 2. The van der Waals surface area contributed by atoms with Gasteiger partial charge in [0.2, 0.25) is 5.91 Å². The monoisotopic (exact) mass is 842 g/mol. The summed E-state index contributed by atoms with van der Waals surface area (Å²) in [6.45, 7) is 13.1. The fourth-order valence-corrected chi connectivity index (χ4v) is 9.87. The van der Waals surface area contributed by atoms with Crippen LogP contribution in [0.3, 0.4) is 0 Å². The second kappa shape index (κ2) is 15.3. The lowest BCUT2D eigenvalue weighted by molar-refractivity contribution is -0.157. The van der Waals surface area contributed by atoms with Crippen molar-refractivity contribution in [3.8, 4) is 22.9 Å². The van der Waals surface area contributed by atoms with Crippen molar-refractivity contribution < 1.29 is 47.3 Å². The molecule has 312 valence electrons. The van der Waals surface area contributed by atoms with Gasteiger partial charge in [-0.05, 0) is 56.6 Å². The number of likely N-dealkylation sites (tertiary alicyclic amines) is 1. The maximum atomic E-state index is 14.7. The number of nitrogens with zero attached hydrogens (tertiary/aromatic N) is 3. The number of benzene rings is 1. The van der Waals surface area contributed by atoms with E-state index in [1.807, 2.05) is 19.2 Å². The van der Waals surface area contributed by atoms with Crippen molar-refractivity contribution >= 4 is 62.6 Å². The van der Waals surface area contributed by atoms with E-state index in [0.29, 0.717) is 38.9 Å². The number of Topliss-reactive ketones (excluding diaryl/α,β-unsaturated/α-hetero) is 1. The topological polar surface area (TPSA) is 157 Å². The van der Waals surface area contributed by atoms with Gasteiger partial charge in [-0.15, -0.1) is 17.9 Å². The molecule has 1 saturated heterocycles. The highest BCUT2D eigenvalue weighted by molar-refractivity contribution is 7.14. The van der Waals surface area contributed by atoms with Gasteiger partial charge in [0.25, 0.3) is 5.92 Å². The molecule has 0 bridgehead atoms. The van der Waals surface area contributed by atoms with Crippen LogP contribution in [-0.4, -0.2) is 87.5 Å². The van der Waals surface area contributed by atoms with Crippen LogP contribution in [0.25, 0.3) is 22.3 Å². The quantitative estimate of drug-likeness (QED) is 0.113. The Morgan fingerprint density at radius 3 is 2.41 bits per heavy atom. The summed E-state index contributed by atoms with van der Waals surface area (Å²) >= 11 is 8.22. The van der Waals surface area contributed by atoms with Gasteiger partial charge >= 0.3 is 11.9 Å². The third-order valence-corrected chi connectivity index (χ3v) is 13.3. The molecule has 0 spiro atoms. The summed E-state index contributed by atoms with van der Waals surface area (Å²) in [6.07, 6.45) is -0.0345. The van der Waals surface area contributed by atoms with Crippen molar-refractivity contribution in [1.29, 1.82) is 0 Å². The molecule has 16 heteroatoms. The summed E-state index contributed by atoms with van der Waals surface area (Å²) in [6, 6.07) is 4.26. The predicted octanol–water partition coefficient (Wildman–Crippen LogP) is 8.06. The van der Waals surface area contributed by atoms with Gasteiger partial charge in [0.15, 0.2) is 10.9 Å². The number of anilines is 1. The number of hydrogen-bond acceptors (Lipinski definition) is 11. The average Bonchev–Trinajstić information content (AvgIpc) is 3.58. The highest BCUT2D eigenvalue weighted by Crippen LogP contribution is 2.64. The molecule has 2 N–H and O–H groups in total. The van der Waals surface area contributed by atoms with E-state index in [1.165, 1.54) is 29.4 Å². The predicted molar refractivity (Wildman–Crippen MR) is 214 cm³/mol. The largest absolute Gasteiger partial charge is 0.495 e. The van der Waals surface area contributed by atoms with E-state index in [0.717, 1.165) is 0 Å². The Morgan fingerprint density at radius 1 is 1.10 bits per heavy atom. The van der Waals surface area contributed by atoms with Gasteiger partial charge in [0.05, 0.1) is 48.7 Å². The molecule has 3 aliphatic carbocycles. The zero-order chi connectivity index (χ0) is 42.1. The number of carbonyl (C=O) groups excluding carboxylic acids is 3. The van der Waals surface area contributed by atoms with Crippen LogP contribution >= 0.6 is 22.9 Å². The molecular weight excluding hydrogens is 794 g/mol. The van der Waals surface area contributed by atoms with Gasteiger partial charge in [-0.3, -0.25) is 19.2 Å². The number of pyridine rings is 1. The smallest absolute Gasteiger partial charge is 0.310 e. The number of ketones is 1. The standard InChI is InChI=1S/C42H49ClF2N4O8S/c1-8-21-16-41(21,38(53)54)17-31(50)30-13-23(18-49(30)37(52)27(40(4,5)6)14-34(51)57-22-11-25-26(12-22)42(25,44)45)56-33-15-28(29-19-58-39(48-29)46-20(2)3)47-36-24(33)9-10-32(55-7)35(36)43/h8-10,15,19-23,25-27,30H,1,11-14,16-18H2,2-7H3,(H,46,48)(H,53,54)/t21-,22?,23-,25-,26+,27-,30+,41-/m1/s1. The first-order chi connectivity index (χ1) is 27.3. The number of ether oxygens (including phenoxy) is 3. The fourth-order valence-electron chi connectivity index (χ4n) is 8.73. The zero-order valence-electron chi connectivity index (χ0n) is 33.4. The summed E-state index contributed by atoms with van der Waals surface area (Å²) in [4.78, 5) is 65.8. The molecule has 3 aromatic rings. The number of esters is 1. The average molecular weight is 843 g/mol. The molecule has 12 nitrogen and oxygen atoms in total. The Bertz CT molecular complexity index is 2140. The van der Waals surface area contributed by atoms with Gasteiger partial charge in [-0.25, -0.2) is 18.7 Å². The number of amides is 1. The number of aromatic nitrogens is 2. The van der Waals surface area contributed by atoms with Gasteiger partial charge in [-0.2, -0.15) is 0 Å².